The molecule has 0 aliphatic heterocycles. The van der Waals surface area contributed by atoms with Gasteiger partial charge in [-0.3, -0.25) is 4.79 Å². The molecule has 4 N–H and O–H groups in total. The number of halogens is 1. The Labute approximate surface area is 176 Å². The molecule has 1 fully saturated rings. The van der Waals surface area contributed by atoms with Crippen molar-refractivity contribution in [3.63, 3.8) is 0 Å². The van der Waals surface area contributed by atoms with Crippen molar-refractivity contribution in [3.8, 4) is 0 Å². The number of aromatic nitrogens is 2. The van der Waals surface area contributed by atoms with Gasteiger partial charge in [0.2, 0.25) is 5.91 Å². The molecule has 3 aromatic rings. The molecule has 4 rings (SSSR count). The number of amides is 1. The molecular weight excluding hydrogens is 438 g/mol. The van der Waals surface area contributed by atoms with Gasteiger partial charge in [0, 0.05) is 16.9 Å². The Kier molecular flexibility index (Phi) is 5.77. The van der Waals surface area contributed by atoms with Crippen LogP contribution in [-0.2, 0) is 4.79 Å². The number of anilines is 3. The number of rotatable bonds is 6. The maximum Gasteiger partial charge on any atom is 0.217 e. The number of hydrogen-bond donors (Lipinski definition) is 3. The zero-order valence-corrected chi connectivity index (χ0v) is 17.7. The number of pyridine rings is 1. The van der Waals surface area contributed by atoms with Gasteiger partial charge in [-0.15, -0.1) is 0 Å². The fraction of sp³-hybridized carbons (Fsp3) is 0.350. The molecule has 1 aromatic carbocycles. The van der Waals surface area contributed by atoms with Crippen LogP contribution in [-0.4, -0.2) is 21.9 Å². The summed E-state index contributed by atoms with van der Waals surface area (Å²) < 4.78 is 2.17. The lowest BCUT2D eigenvalue weighted by Crippen LogP contribution is -2.28. The monoisotopic (exact) mass is 459 g/mol. The number of carbonyl (C=O) groups excluding carboxylic acids is 1. The molecule has 0 unspecified atom stereocenters. The Hall–Kier alpha value is -2.19. The number of hydrogen-bond acceptors (Lipinski definition) is 6. The molecule has 0 bridgehead atoms. The number of nitrogens with zero attached hydrogens (tertiary/aromatic N) is 2. The summed E-state index contributed by atoms with van der Waals surface area (Å²) in [7, 11) is 0. The number of primary amides is 1. The zero-order chi connectivity index (χ0) is 19.5. The van der Waals surface area contributed by atoms with Gasteiger partial charge in [-0.1, -0.05) is 33.3 Å². The van der Waals surface area contributed by atoms with Gasteiger partial charge in [0.15, 0.2) is 5.13 Å². The molecule has 1 aliphatic carbocycles. The molecule has 0 radical (unpaired) electrons. The van der Waals surface area contributed by atoms with Gasteiger partial charge in [-0.2, -0.15) is 0 Å². The van der Waals surface area contributed by atoms with Crippen LogP contribution in [0.4, 0.5) is 16.8 Å². The minimum absolute atomic E-state index is 0.195. The summed E-state index contributed by atoms with van der Waals surface area (Å²) >= 11 is 5.10. The molecule has 1 aliphatic rings. The molecule has 146 valence electrons. The predicted molar refractivity (Wildman–Crippen MR) is 118 cm³/mol. The van der Waals surface area contributed by atoms with E-state index < -0.39 is 0 Å². The fourth-order valence-electron chi connectivity index (χ4n) is 3.65. The normalized spacial score (nSPS) is 19.5. The lowest BCUT2D eigenvalue weighted by molar-refractivity contribution is -0.119. The van der Waals surface area contributed by atoms with Gasteiger partial charge in [0.1, 0.15) is 11.6 Å². The van der Waals surface area contributed by atoms with Crippen molar-refractivity contribution >= 4 is 60.2 Å². The third kappa shape index (κ3) is 4.80. The molecular formula is C20H22BrN5OS. The second kappa shape index (κ2) is 8.45. The van der Waals surface area contributed by atoms with E-state index in [2.05, 4.69) is 42.6 Å². The van der Waals surface area contributed by atoms with Crippen molar-refractivity contribution < 1.29 is 4.79 Å². The second-order valence-corrected chi connectivity index (χ2v) is 9.14. The Balaban J connectivity index is 1.38. The fourth-order valence-corrected chi connectivity index (χ4v) is 5.08. The van der Waals surface area contributed by atoms with Gasteiger partial charge in [-0.25, -0.2) is 9.97 Å². The van der Waals surface area contributed by atoms with Crippen LogP contribution in [0.5, 0.6) is 0 Å². The van der Waals surface area contributed by atoms with Crippen LogP contribution in [0.2, 0.25) is 0 Å². The van der Waals surface area contributed by atoms with Crippen LogP contribution >= 0.6 is 27.3 Å². The minimum atomic E-state index is -0.195. The van der Waals surface area contributed by atoms with Crippen LogP contribution in [0, 0.1) is 5.92 Å². The standard InChI is InChI=1S/C20H22BrN5OS/c21-13-6-9-15-16(11-13)28-20(24-15)26-19-3-1-2-18(25-19)23-14-7-4-12(5-8-14)10-17(22)27/h1-3,6,9,11-12,14H,4-5,7-8,10H2,(H2,22,27)(H2,23,24,25,26)/t12-,14-. The molecule has 28 heavy (non-hydrogen) atoms. The molecule has 6 nitrogen and oxygen atoms in total. The summed E-state index contributed by atoms with van der Waals surface area (Å²) in [6, 6.07) is 12.4. The molecule has 2 aromatic heterocycles. The minimum Gasteiger partial charge on any atom is -0.370 e. The highest BCUT2D eigenvalue weighted by atomic mass is 79.9. The van der Waals surface area contributed by atoms with Crippen LogP contribution in [0.15, 0.2) is 40.9 Å². The lowest BCUT2D eigenvalue weighted by Gasteiger charge is -2.28. The van der Waals surface area contributed by atoms with Crippen LogP contribution in [0.25, 0.3) is 10.2 Å². The average Bonchev–Trinajstić information content (AvgIpc) is 3.04. The summed E-state index contributed by atoms with van der Waals surface area (Å²) in [5, 5.41) is 7.66. The van der Waals surface area contributed by atoms with E-state index in [1.54, 1.807) is 11.3 Å². The van der Waals surface area contributed by atoms with Crippen molar-refractivity contribution in [2.45, 2.75) is 38.1 Å². The number of benzene rings is 1. The van der Waals surface area contributed by atoms with Gasteiger partial charge in [-0.05, 0) is 61.9 Å². The molecule has 2 heterocycles. The highest BCUT2D eigenvalue weighted by Crippen LogP contribution is 2.31. The quantitative estimate of drug-likeness (QED) is 0.479. The van der Waals surface area contributed by atoms with E-state index in [0.717, 1.165) is 57.1 Å². The third-order valence-corrected chi connectivity index (χ3v) is 6.45. The van der Waals surface area contributed by atoms with Gasteiger partial charge >= 0.3 is 0 Å². The largest absolute Gasteiger partial charge is 0.370 e. The van der Waals surface area contributed by atoms with E-state index in [4.69, 9.17) is 5.73 Å². The number of fused-ring (bicyclic) bond motifs is 1. The molecule has 1 amide bonds. The highest BCUT2D eigenvalue weighted by Gasteiger charge is 2.22. The smallest absolute Gasteiger partial charge is 0.217 e. The first-order valence-corrected chi connectivity index (χ1v) is 11.0. The maximum absolute atomic E-state index is 11.1. The maximum atomic E-state index is 11.1. The average molecular weight is 460 g/mol. The zero-order valence-electron chi connectivity index (χ0n) is 15.3. The SMILES string of the molecule is NC(=O)C[C@H]1CC[C@H](Nc2cccc(Nc3nc4ccc(Br)cc4s3)n2)CC1. The topological polar surface area (TPSA) is 92.9 Å². The summed E-state index contributed by atoms with van der Waals surface area (Å²) in [6.45, 7) is 0. The number of nitrogens with two attached hydrogens (primary N) is 1. The van der Waals surface area contributed by atoms with Crippen molar-refractivity contribution in [2.24, 2.45) is 11.7 Å². The van der Waals surface area contributed by atoms with E-state index in [1.807, 2.05) is 30.3 Å². The molecule has 0 saturated heterocycles. The first-order valence-electron chi connectivity index (χ1n) is 9.40. The highest BCUT2D eigenvalue weighted by molar-refractivity contribution is 9.10. The van der Waals surface area contributed by atoms with Crippen LogP contribution in [0.3, 0.4) is 0 Å². The van der Waals surface area contributed by atoms with E-state index in [1.165, 1.54) is 0 Å². The van der Waals surface area contributed by atoms with Crippen molar-refractivity contribution in [2.75, 3.05) is 10.6 Å². The van der Waals surface area contributed by atoms with Crippen molar-refractivity contribution in [1.29, 1.82) is 0 Å². The van der Waals surface area contributed by atoms with Crippen LogP contribution in [0.1, 0.15) is 32.1 Å². The summed E-state index contributed by atoms with van der Waals surface area (Å²) in [4.78, 5) is 20.4. The first kappa shape index (κ1) is 19.1. The summed E-state index contributed by atoms with van der Waals surface area (Å²) in [5.41, 5.74) is 6.29. The second-order valence-electron chi connectivity index (χ2n) is 7.20. The molecule has 0 atom stereocenters. The van der Waals surface area contributed by atoms with Gasteiger partial charge in [0.05, 0.1) is 10.2 Å². The molecule has 1 saturated carbocycles. The van der Waals surface area contributed by atoms with E-state index in [0.29, 0.717) is 18.4 Å². The van der Waals surface area contributed by atoms with Gasteiger partial charge in [0.25, 0.3) is 0 Å². The Bertz CT molecular complexity index is 984. The van der Waals surface area contributed by atoms with E-state index in [-0.39, 0.29) is 5.91 Å². The molecule has 0 spiro atoms. The van der Waals surface area contributed by atoms with Crippen molar-refractivity contribution in [3.05, 3.63) is 40.9 Å². The Morgan fingerprint density at radius 2 is 1.93 bits per heavy atom. The first-order chi connectivity index (χ1) is 13.5. The van der Waals surface area contributed by atoms with Gasteiger partial charge < -0.3 is 16.4 Å². The van der Waals surface area contributed by atoms with E-state index in [9.17, 15) is 4.79 Å². The predicted octanol–water partition coefficient (Wildman–Crippen LogP) is 5.04. The Morgan fingerprint density at radius 3 is 2.71 bits per heavy atom. The summed E-state index contributed by atoms with van der Waals surface area (Å²) in [6.07, 6.45) is 4.62. The van der Waals surface area contributed by atoms with Crippen molar-refractivity contribution in [1.82, 2.24) is 9.97 Å². The van der Waals surface area contributed by atoms with E-state index >= 15 is 0 Å². The summed E-state index contributed by atoms with van der Waals surface area (Å²) in [5.74, 6) is 1.85. The lowest BCUT2D eigenvalue weighted by atomic mass is 9.84. The number of nitrogens with one attached hydrogen (secondary N) is 2. The Morgan fingerprint density at radius 1 is 1.14 bits per heavy atom. The number of thiazole rings is 1. The van der Waals surface area contributed by atoms with Crippen LogP contribution < -0.4 is 16.4 Å². The number of carbonyl (C=O) groups is 1. The third-order valence-electron chi connectivity index (χ3n) is 5.02. The molecule has 8 heteroatoms.